The second kappa shape index (κ2) is 10.3. The van der Waals surface area contributed by atoms with Crippen molar-refractivity contribution in [2.75, 3.05) is 20.8 Å². The minimum atomic E-state index is -0.520. The highest BCUT2D eigenvalue weighted by Crippen LogP contribution is 2.21. The summed E-state index contributed by atoms with van der Waals surface area (Å²) in [6.45, 7) is 2.52. The van der Waals surface area contributed by atoms with Gasteiger partial charge in [-0.15, -0.1) is 0 Å². The van der Waals surface area contributed by atoms with Crippen molar-refractivity contribution in [2.24, 2.45) is 0 Å². The van der Waals surface area contributed by atoms with E-state index in [1.807, 2.05) is 49.4 Å². The van der Waals surface area contributed by atoms with Gasteiger partial charge in [0.2, 0.25) is 0 Å². The third-order valence-electron chi connectivity index (χ3n) is 4.10. The number of amides is 1. The zero-order chi connectivity index (χ0) is 18.8. The third-order valence-corrected chi connectivity index (χ3v) is 4.10. The van der Waals surface area contributed by atoms with Gasteiger partial charge in [0, 0.05) is 12.6 Å². The third kappa shape index (κ3) is 5.69. The predicted molar refractivity (Wildman–Crippen MR) is 102 cm³/mol. The molecule has 140 valence electrons. The summed E-state index contributed by atoms with van der Waals surface area (Å²) < 4.78 is 16.3. The van der Waals surface area contributed by atoms with Crippen LogP contribution < -0.4 is 19.5 Å². The van der Waals surface area contributed by atoms with Crippen molar-refractivity contribution in [3.8, 4) is 17.2 Å². The van der Waals surface area contributed by atoms with Gasteiger partial charge in [0.25, 0.3) is 5.91 Å². The molecule has 0 spiro atoms. The second-order valence-corrected chi connectivity index (χ2v) is 5.90. The summed E-state index contributed by atoms with van der Waals surface area (Å²) in [7, 11) is 3.27. The van der Waals surface area contributed by atoms with Gasteiger partial charge in [-0.2, -0.15) is 0 Å². The van der Waals surface area contributed by atoms with Gasteiger partial charge < -0.3 is 19.5 Å². The number of ether oxygens (including phenoxy) is 3. The number of carbonyl (C=O) groups is 1. The van der Waals surface area contributed by atoms with E-state index < -0.39 is 6.10 Å². The lowest BCUT2D eigenvalue weighted by Gasteiger charge is -2.17. The Morgan fingerprint density at radius 2 is 1.81 bits per heavy atom. The number of nitrogens with one attached hydrogen (secondary N) is 1. The molecule has 0 aromatic heterocycles. The van der Waals surface area contributed by atoms with Crippen LogP contribution in [0.3, 0.4) is 0 Å². The molecule has 2 aromatic carbocycles. The van der Waals surface area contributed by atoms with E-state index >= 15 is 0 Å². The van der Waals surface area contributed by atoms with Gasteiger partial charge in [0.05, 0.1) is 14.2 Å². The average Bonchev–Trinajstić information content (AvgIpc) is 2.69. The van der Waals surface area contributed by atoms with Crippen LogP contribution >= 0.6 is 0 Å². The molecule has 2 rings (SSSR count). The summed E-state index contributed by atoms with van der Waals surface area (Å²) in [6.07, 6.45) is 1.75. The molecule has 0 bridgehead atoms. The first-order chi connectivity index (χ1) is 12.7. The molecule has 0 saturated heterocycles. The van der Waals surface area contributed by atoms with Crippen molar-refractivity contribution in [2.45, 2.75) is 32.3 Å². The number of para-hydroxylation sites is 1. The highest BCUT2D eigenvalue weighted by atomic mass is 16.5. The summed E-state index contributed by atoms with van der Waals surface area (Å²) in [5, 5.41) is 2.95. The first-order valence-electron chi connectivity index (χ1n) is 8.88. The normalized spacial score (nSPS) is 11.5. The molecular weight excluding hydrogens is 330 g/mol. The van der Waals surface area contributed by atoms with Gasteiger partial charge in [-0.05, 0) is 43.0 Å². The highest BCUT2D eigenvalue weighted by molar-refractivity contribution is 5.81. The van der Waals surface area contributed by atoms with Gasteiger partial charge in [-0.3, -0.25) is 4.79 Å². The molecule has 5 nitrogen and oxygen atoms in total. The first kappa shape index (κ1) is 19.6. The Bertz CT molecular complexity index is 702. The lowest BCUT2D eigenvalue weighted by atomic mass is 10.1. The average molecular weight is 357 g/mol. The Morgan fingerprint density at radius 3 is 2.54 bits per heavy atom. The number of benzene rings is 2. The molecule has 0 aliphatic rings. The van der Waals surface area contributed by atoms with Crippen molar-refractivity contribution >= 4 is 5.91 Å². The van der Waals surface area contributed by atoms with Crippen LogP contribution in [0.25, 0.3) is 0 Å². The van der Waals surface area contributed by atoms with Crippen molar-refractivity contribution in [1.82, 2.24) is 5.32 Å². The molecular formula is C21H27NO4. The molecule has 5 heteroatoms. The fourth-order valence-electron chi connectivity index (χ4n) is 2.67. The zero-order valence-electron chi connectivity index (χ0n) is 15.7. The van der Waals surface area contributed by atoms with Crippen LogP contribution in [0.15, 0.2) is 48.5 Å². The Labute approximate surface area is 155 Å². The lowest BCUT2D eigenvalue weighted by Crippen LogP contribution is -2.38. The van der Waals surface area contributed by atoms with Gasteiger partial charge in [0.1, 0.15) is 17.2 Å². The molecule has 0 aliphatic carbocycles. The van der Waals surface area contributed by atoms with E-state index in [0.717, 1.165) is 24.2 Å². The first-order valence-corrected chi connectivity index (χ1v) is 8.88. The number of aryl methyl sites for hydroxylation is 1. The quantitative estimate of drug-likeness (QED) is 0.660. The number of hydrogen-bond acceptors (Lipinski definition) is 4. The molecule has 0 unspecified atom stereocenters. The fraction of sp³-hybridized carbons (Fsp3) is 0.381. The minimum absolute atomic E-state index is 0.102. The smallest absolute Gasteiger partial charge is 0.261 e. The van der Waals surface area contributed by atoms with Crippen LogP contribution in [0.1, 0.15) is 25.3 Å². The molecule has 0 heterocycles. The minimum Gasteiger partial charge on any atom is -0.497 e. The van der Waals surface area contributed by atoms with Gasteiger partial charge in [0.15, 0.2) is 6.10 Å². The molecule has 1 N–H and O–H groups in total. The SMILES string of the molecule is CC[C@@H](Oc1cccc(OC)c1)C(=O)NCCCc1ccccc1OC. The van der Waals surface area contributed by atoms with E-state index in [4.69, 9.17) is 14.2 Å². The molecule has 26 heavy (non-hydrogen) atoms. The van der Waals surface area contributed by atoms with E-state index in [1.165, 1.54) is 0 Å². The Morgan fingerprint density at radius 1 is 1.04 bits per heavy atom. The topological polar surface area (TPSA) is 56.8 Å². The van der Waals surface area contributed by atoms with Crippen molar-refractivity contribution < 1.29 is 19.0 Å². The van der Waals surface area contributed by atoms with Gasteiger partial charge >= 0.3 is 0 Å². The summed E-state index contributed by atoms with van der Waals surface area (Å²) in [6, 6.07) is 15.2. The molecule has 1 atom stereocenters. The van der Waals surface area contributed by atoms with E-state index in [1.54, 1.807) is 20.3 Å². The second-order valence-electron chi connectivity index (χ2n) is 5.90. The maximum atomic E-state index is 12.4. The van der Waals surface area contributed by atoms with E-state index in [2.05, 4.69) is 5.32 Å². The molecule has 2 aromatic rings. The predicted octanol–water partition coefficient (Wildman–Crippen LogP) is 3.61. The van der Waals surface area contributed by atoms with E-state index in [9.17, 15) is 4.79 Å². The van der Waals surface area contributed by atoms with Gasteiger partial charge in [-0.1, -0.05) is 31.2 Å². The van der Waals surface area contributed by atoms with Crippen LogP contribution in [0.2, 0.25) is 0 Å². The Hall–Kier alpha value is -2.69. The molecule has 0 saturated carbocycles. The molecule has 0 radical (unpaired) electrons. The summed E-state index contributed by atoms with van der Waals surface area (Å²) >= 11 is 0. The number of hydrogen-bond donors (Lipinski definition) is 1. The lowest BCUT2D eigenvalue weighted by molar-refractivity contribution is -0.128. The van der Waals surface area contributed by atoms with Crippen LogP contribution in [-0.4, -0.2) is 32.8 Å². The largest absolute Gasteiger partial charge is 0.497 e. The van der Waals surface area contributed by atoms with Gasteiger partial charge in [-0.25, -0.2) is 0 Å². The summed E-state index contributed by atoms with van der Waals surface area (Å²) in [5.41, 5.74) is 1.14. The van der Waals surface area contributed by atoms with E-state index in [0.29, 0.717) is 24.5 Å². The number of carbonyl (C=O) groups excluding carboxylic acids is 1. The maximum absolute atomic E-state index is 12.4. The van der Waals surface area contributed by atoms with Crippen molar-refractivity contribution in [1.29, 1.82) is 0 Å². The van der Waals surface area contributed by atoms with Crippen molar-refractivity contribution in [3.05, 3.63) is 54.1 Å². The Balaban J connectivity index is 1.81. The van der Waals surface area contributed by atoms with Crippen LogP contribution in [0.4, 0.5) is 0 Å². The Kier molecular flexibility index (Phi) is 7.80. The number of methoxy groups -OCH3 is 2. The van der Waals surface area contributed by atoms with Crippen molar-refractivity contribution in [3.63, 3.8) is 0 Å². The number of rotatable bonds is 10. The molecule has 0 aliphatic heterocycles. The van der Waals surface area contributed by atoms with E-state index in [-0.39, 0.29) is 5.91 Å². The van der Waals surface area contributed by atoms with Crippen LogP contribution in [0.5, 0.6) is 17.2 Å². The maximum Gasteiger partial charge on any atom is 0.261 e. The van der Waals surface area contributed by atoms with Crippen LogP contribution in [0, 0.1) is 0 Å². The fourth-order valence-corrected chi connectivity index (χ4v) is 2.67. The standard InChI is InChI=1S/C21H27NO4/c1-4-19(26-18-12-7-11-17(15-18)24-2)21(23)22-14-8-10-16-9-5-6-13-20(16)25-3/h5-7,9,11-13,15,19H,4,8,10,14H2,1-3H3,(H,22,23)/t19-/m1/s1. The summed E-state index contributed by atoms with van der Waals surface area (Å²) in [5.74, 6) is 2.11. The summed E-state index contributed by atoms with van der Waals surface area (Å²) in [4.78, 5) is 12.4. The highest BCUT2D eigenvalue weighted by Gasteiger charge is 2.18. The monoisotopic (exact) mass is 357 g/mol. The zero-order valence-corrected chi connectivity index (χ0v) is 15.7. The molecule has 0 fully saturated rings. The van der Waals surface area contributed by atoms with Crippen LogP contribution in [-0.2, 0) is 11.2 Å². The molecule has 1 amide bonds.